The second kappa shape index (κ2) is 9.42. The van der Waals surface area contributed by atoms with E-state index in [9.17, 15) is 14.7 Å². The summed E-state index contributed by atoms with van der Waals surface area (Å²) in [5.41, 5.74) is 6.22. The second-order valence-corrected chi connectivity index (χ2v) is 13.9. The lowest BCUT2D eigenvalue weighted by molar-refractivity contribution is -0.143. The van der Waals surface area contributed by atoms with Gasteiger partial charge >= 0.3 is 0 Å². The van der Waals surface area contributed by atoms with Crippen LogP contribution in [0.5, 0.6) is 0 Å². The lowest BCUT2D eigenvalue weighted by Crippen LogP contribution is -2.65. The summed E-state index contributed by atoms with van der Waals surface area (Å²) in [5, 5.41) is 17.4. The Morgan fingerprint density at radius 1 is 0.745 bits per heavy atom. The summed E-state index contributed by atoms with van der Waals surface area (Å²) >= 11 is 0. The fourth-order valence-electron chi connectivity index (χ4n) is 8.07. The molecule has 4 heterocycles. The van der Waals surface area contributed by atoms with Crippen molar-refractivity contribution in [3.8, 4) is 22.4 Å². The lowest BCUT2D eigenvalue weighted by Gasteiger charge is -2.57. The number of aromatic nitrogens is 4. The Kier molecular flexibility index (Phi) is 5.40. The molecule has 0 unspecified atom stereocenters. The molecule has 0 atom stereocenters. The van der Waals surface area contributed by atoms with Crippen molar-refractivity contribution < 1.29 is 14.7 Å². The molecule has 0 spiro atoms. The van der Waals surface area contributed by atoms with E-state index in [2.05, 4.69) is 24.3 Å². The number of carbonyl (C=O) groups is 2. The van der Waals surface area contributed by atoms with Gasteiger partial charge in [-0.2, -0.15) is 9.61 Å². The van der Waals surface area contributed by atoms with Crippen molar-refractivity contribution in [2.24, 2.45) is 5.92 Å². The number of fused-ring (bicyclic) bond motifs is 4. The Balaban J connectivity index is 1.11. The summed E-state index contributed by atoms with van der Waals surface area (Å²) in [6.07, 6.45) is 6.82. The molecule has 8 nitrogen and oxygen atoms in total. The van der Waals surface area contributed by atoms with E-state index in [0.29, 0.717) is 29.9 Å². The van der Waals surface area contributed by atoms with E-state index in [-0.39, 0.29) is 17.7 Å². The van der Waals surface area contributed by atoms with Gasteiger partial charge in [-0.15, -0.1) is 0 Å². The summed E-state index contributed by atoms with van der Waals surface area (Å²) in [4.78, 5) is 39.0. The SMILES string of the molecule is O=C1c2ccccc2C(=O)N1[C@]1(c2ccc(-c3nc4c(cnc5cc(C6CC6)nn54)cc3-c3ccccc3)cc2)C[C@](O)(C2CC2)C1. The molecule has 2 amide bonds. The number of carbonyl (C=O) groups excluding carboxylic acids is 2. The van der Waals surface area contributed by atoms with E-state index in [1.165, 1.54) is 4.90 Å². The van der Waals surface area contributed by atoms with Crippen molar-refractivity contribution in [3.05, 3.63) is 120 Å². The molecular formula is C39H31N5O3. The number of amides is 2. The normalized spacial score (nSPS) is 23.8. The van der Waals surface area contributed by atoms with Crippen LogP contribution >= 0.6 is 0 Å². The first-order chi connectivity index (χ1) is 22.9. The minimum atomic E-state index is -0.922. The molecule has 0 bridgehead atoms. The number of hydrogen-bond donors (Lipinski definition) is 1. The van der Waals surface area contributed by atoms with Crippen molar-refractivity contribution in [3.63, 3.8) is 0 Å². The first kappa shape index (κ1) is 27.0. The lowest BCUT2D eigenvalue weighted by atomic mass is 9.58. The summed E-state index contributed by atoms with van der Waals surface area (Å²) in [7, 11) is 0. The van der Waals surface area contributed by atoms with Crippen LogP contribution in [0.15, 0.2) is 97.2 Å². The maximum Gasteiger partial charge on any atom is 0.262 e. The van der Waals surface area contributed by atoms with Gasteiger partial charge in [0.15, 0.2) is 11.3 Å². The van der Waals surface area contributed by atoms with Crippen molar-refractivity contribution in [2.45, 2.75) is 55.6 Å². The van der Waals surface area contributed by atoms with Gasteiger partial charge in [-0.25, -0.2) is 9.97 Å². The molecule has 1 aliphatic heterocycles. The molecule has 6 aromatic rings. The number of imide groups is 1. The monoisotopic (exact) mass is 617 g/mol. The number of aliphatic hydroxyl groups is 1. The maximum atomic E-state index is 13.8. The van der Waals surface area contributed by atoms with Crippen molar-refractivity contribution in [2.75, 3.05) is 0 Å². The van der Waals surface area contributed by atoms with Crippen LogP contribution in [0.3, 0.4) is 0 Å². The third-order valence-electron chi connectivity index (χ3n) is 10.8. The fourth-order valence-corrected chi connectivity index (χ4v) is 8.07. The molecule has 230 valence electrons. The number of nitrogens with zero attached hydrogens (tertiary/aromatic N) is 5. The summed E-state index contributed by atoms with van der Waals surface area (Å²) in [5.74, 6) is 0.130. The molecule has 4 aliphatic rings. The highest BCUT2D eigenvalue weighted by Crippen LogP contribution is 2.61. The molecule has 3 aliphatic carbocycles. The number of rotatable bonds is 6. The van der Waals surface area contributed by atoms with Gasteiger partial charge in [-0.05, 0) is 60.9 Å². The molecular weight excluding hydrogens is 586 g/mol. The van der Waals surface area contributed by atoms with Crippen LogP contribution in [0, 0.1) is 5.92 Å². The van der Waals surface area contributed by atoms with Gasteiger partial charge in [0.1, 0.15) is 0 Å². The summed E-state index contributed by atoms with van der Waals surface area (Å²) in [6, 6.07) is 29.5. The number of benzene rings is 3. The van der Waals surface area contributed by atoms with Crippen molar-refractivity contribution in [1.29, 1.82) is 0 Å². The zero-order valence-corrected chi connectivity index (χ0v) is 25.6. The van der Waals surface area contributed by atoms with Crippen LogP contribution in [0.1, 0.15) is 76.4 Å². The van der Waals surface area contributed by atoms with Crippen LogP contribution in [-0.2, 0) is 5.54 Å². The standard InChI is InChI=1S/C39H31N5O3/c45-36-29-8-4-5-9-30(29)37(46)43(36)38(21-39(47,22-38)28-16-17-28)27-14-12-25(13-15-27)34-31(23-6-2-1-3-7-23)18-26-20-40-33-19-32(24-10-11-24)42-44(33)35(26)41-34/h1-9,12-15,18-20,24,28,47H,10-11,16-17,21-22H2/t38-,39-. The van der Waals surface area contributed by atoms with Gasteiger partial charge in [0.2, 0.25) is 0 Å². The Labute approximate surface area is 270 Å². The number of pyridine rings is 1. The highest BCUT2D eigenvalue weighted by Gasteiger charge is 2.66. The quantitative estimate of drug-likeness (QED) is 0.204. The Morgan fingerprint density at radius 3 is 2.09 bits per heavy atom. The van der Waals surface area contributed by atoms with Gasteiger partial charge in [-0.3, -0.25) is 14.5 Å². The molecule has 47 heavy (non-hydrogen) atoms. The largest absolute Gasteiger partial charge is 0.389 e. The predicted molar refractivity (Wildman–Crippen MR) is 177 cm³/mol. The highest BCUT2D eigenvalue weighted by molar-refractivity contribution is 6.22. The Morgan fingerprint density at radius 2 is 1.43 bits per heavy atom. The Bertz CT molecular complexity index is 2240. The summed E-state index contributed by atoms with van der Waals surface area (Å²) < 4.78 is 1.86. The smallest absolute Gasteiger partial charge is 0.262 e. The van der Waals surface area contributed by atoms with Gasteiger partial charge in [0, 0.05) is 47.5 Å². The molecule has 8 heteroatoms. The third kappa shape index (κ3) is 3.94. The maximum absolute atomic E-state index is 13.8. The van der Waals surface area contributed by atoms with Gasteiger partial charge in [0.05, 0.1) is 33.7 Å². The predicted octanol–water partition coefficient (Wildman–Crippen LogP) is 6.92. The van der Waals surface area contributed by atoms with E-state index in [4.69, 9.17) is 15.1 Å². The molecule has 3 fully saturated rings. The first-order valence-corrected chi connectivity index (χ1v) is 16.5. The Hall–Kier alpha value is -5.21. The van der Waals surface area contributed by atoms with Crippen molar-refractivity contribution in [1.82, 2.24) is 24.5 Å². The van der Waals surface area contributed by atoms with E-state index >= 15 is 0 Å². The molecule has 1 N–H and O–H groups in total. The number of hydrogen-bond acceptors (Lipinski definition) is 6. The zero-order chi connectivity index (χ0) is 31.5. The minimum Gasteiger partial charge on any atom is -0.389 e. The van der Waals surface area contributed by atoms with E-state index in [1.54, 1.807) is 24.3 Å². The average molecular weight is 618 g/mol. The molecule has 10 rings (SSSR count). The first-order valence-electron chi connectivity index (χ1n) is 16.5. The van der Waals surface area contributed by atoms with Gasteiger partial charge in [0.25, 0.3) is 11.8 Å². The third-order valence-corrected chi connectivity index (χ3v) is 10.8. The molecule has 3 saturated carbocycles. The molecule has 0 saturated heterocycles. The topological polar surface area (TPSA) is 101 Å². The summed E-state index contributed by atoms with van der Waals surface area (Å²) in [6.45, 7) is 0. The van der Waals surface area contributed by atoms with Crippen LogP contribution in [0.4, 0.5) is 0 Å². The van der Waals surface area contributed by atoms with Crippen LogP contribution in [0.25, 0.3) is 39.1 Å². The van der Waals surface area contributed by atoms with Crippen LogP contribution in [0.2, 0.25) is 0 Å². The van der Waals surface area contributed by atoms with Gasteiger partial charge in [-0.1, -0.05) is 66.7 Å². The van der Waals surface area contributed by atoms with E-state index < -0.39 is 11.1 Å². The fraction of sp³-hybridized carbons (Fsp3) is 0.256. The van der Waals surface area contributed by atoms with E-state index in [0.717, 1.165) is 76.0 Å². The van der Waals surface area contributed by atoms with E-state index in [1.807, 2.05) is 53.2 Å². The zero-order valence-electron chi connectivity index (χ0n) is 25.6. The average Bonchev–Trinajstić information content (AvgIpc) is 4.04. The molecule has 3 aromatic carbocycles. The van der Waals surface area contributed by atoms with Crippen LogP contribution < -0.4 is 0 Å². The second-order valence-electron chi connectivity index (χ2n) is 13.9. The van der Waals surface area contributed by atoms with Crippen molar-refractivity contribution >= 4 is 28.5 Å². The molecule has 0 radical (unpaired) electrons. The van der Waals surface area contributed by atoms with Gasteiger partial charge < -0.3 is 5.11 Å². The molecule has 3 aromatic heterocycles. The minimum absolute atomic E-state index is 0.217. The highest BCUT2D eigenvalue weighted by atomic mass is 16.3. The van der Waals surface area contributed by atoms with Crippen LogP contribution in [-0.4, -0.2) is 47.0 Å².